The van der Waals surface area contributed by atoms with Crippen molar-refractivity contribution < 1.29 is 26.4 Å². The number of nitrogen functional groups attached to an aromatic ring is 1. The Hall–Kier alpha value is -3.68. The lowest BCUT2D eigenvalue weighted by Crippen LogP contribution is -2.43. The summed E-state index contributed by atoms with van der Waals surface area (Å²) in [7, 11) is -3.04. The summed E-state index contributed by atoms with van der Waals surface area (Å²) in [6.07, 6.45) is -1.48. The Morgan fingerprint density at radius 2 is 1.95 bits per heavy atom. The molecular weight excluding hydrogens is 511 g/mol. The molecule has 0 aliphatic carbocycles. The highest BCUT2D eigenvalue weighted by molar-refractivity contribution is 7.90. The second-order valence-electron chi connectivity index (χ2n) is 9.45. The number of aryl methyl sites for hydroxylation is 1. The molecule has 14 heteroatoms. The molecule has 37 heavy (non-hydrogen) atoms. The molecule has 3 N–H and O–H groups in total. The molecule has 0 saturated carbocycles. The van der Waals surface area contributed by atoms with Crippen LogP contribution in [-0.4, -0.2) is 46.2 Å². The number of amides is 1. The number of alkyl halides is 3. The van der Waals surface area contributed by atoms with E-state index in [1.54, 1.807) is 0 Å². The van der Waals surface area contributed by atoms with Crippen molar-refractivity contribution in [2.75, 3.05) is 17.2 Å². The van der Waals surface area contributed by atoms with Crippen molar-refractivity contribution in [2.24, 2.45) is 13.0 Å². The number of nitrogens with two attached hydrogens (primary N) is 1. The van der Waals surface area contributed by atoms with Crippen LogP contribution in [0, 0.1) is 5.92 Å². The minimum Gasteiger partial charge on any atom is -0.383 e. The second kappa shape index (κ2) is 9.01. The number of pyridine rings is 2. The van der Waals surface area contributed by atoms with Crippen molar-refractivity contribution in [1.82, 2.24) is 24.5 Å². The summed E-state index contributed by atoms with van der Waals surface area (Å²) in [4.78, 5) is 22.9. The van der Waals surface area contributed by atoms with Crippen molar-refractivity contribution in [3.63, 3.8) is 0 Å². The van der Waals surface area contributed by atoms with Crippen LogP contribution in [0.15, 0.2) is 41.6 Å². The molecule has 1 aliphatic rings. The maximum Gasteiger partial charge on any atom is 0.435 e. The molecule has 1 unspecified atom stereocenters. The molecule has 0 spiro atoms. The molecule has 3 aromatic heterocycles. The van der Waals surface area contributed by atoms with Gasteiger partial charge in [-0.2, -0.15) is 18.3 Å². The summed E-state index contributed by atoms with van der Waals surface area (Å²) < 4.78 is 69.7. The number of hydrogen-bond donors (Lipinski definition) is 2. The van der Waals surface area contributed by atoms with E-state index in [4.69, 9.17) is 5.73 Å². The van der Waals surface area contributed by atoms with E-state index >= 15 is 0 Å². The quantitative estimate of drug-likeness (QED) is 0.506. The van der Waals surface area contributed by atoms with Crippen LogP contribution in [0.5, 0.6) is 0 Å². The Labute approximate surface area is 211 Å². The van der Waals surface area contributed by atoms with Crippen LogP contribution in [0.25, 0.3) is 11.3 Å². The molecule has 1 fully saturated rings. The fraction of sp³-hybridized carbons (Fsp3) is 0.391. The van der Waals surface area contributed by atoms with Gasteiger partial charge < -0.3 is 10.6 Å². The van der Waals surface area contributed by atoms with Gasteiger partial charge in [0.1, 0.15) is 16.5 Å². The Kier molecular flexibility index (Phi) is 6.42. The summed E-state index contributed by atoms with van der Waals surface area (Å²) in [5, 5.41) is 3.54. The monoisotopic (exact) mass is 537 g/mol. The summed E-state index contributed by atoms with van der Waals surface area (Å²) >= 11 is 0. The van der Waals surface area contributed by atoms with Crippen LogP contribution in [0.4, 0.5) is 24.8 Å². The van der Waals surface area contributed by atoms with Gasteiger partial charge in [0.25, 0.3) is 15.9 Å². The van der Waals surface area contributed by atoms with Crippen LogP contribution < -0.4 is 15.4 Å². The molecule has 0 aromatic carbocycles. The van der Waals surface area contributed by atoms with Gasteiger partial charge in [-0.1, -0.05) is 6.92 Å². The highest BCUT2D eigenvalue weighted by Crippen LogP contribution is 2.41. The molecular formula is C23H26F3N7O3S. The molecule has 0 bridgehead atoms. The van der Waals surface area contributed by atoms with E-state index in [9.17, 15) is 26.4 Å². The van der Waals surface area contributed by atoms with E-state index < -0.39 is 33.3 Å². The second-order valence-corrected chi connectivity index (χ2v) is 11.1. The smallest absolute Gasteiger partial charge is 0.383 e. The van der Waals surface area contributed by atoms with E-state index in [0.717, 1.165) is 11.1 Å². The summed E-state index contributed by atoms with van der Waals surface area (Å²) in [6.45, 7) is 6.34. The molecule has 0 radical (unpaired) electrons. The zero-order valence-corrected chi connectivity index (χ0v) is 21.4. The number of carbonyl (C=O) groups is 1. The number of nitrogens with one attached hydrogen (secondary N) is 1. The number of rotatable bonds is 5. The van der Waals surface area contributed by atoms with Crippen LogP contribution in [0.2, 0.25) is 0 Å². The van der Waals surface area contributed by atoms with Crippen LogP contribution in [0.1, 0.15) is 43.2 Å². The third kappa shape index (κ3) is 4.84. The van der Waals surface area contributed by atoms with E-state index in [1.165, 1.54) is 43.7 Å². The predicted molar refractivity (Wildman–Crippen MR) is 130 cm³/mol. The van der Waals surface area contributed by atoms with E-state index in [2.05, 4.69) is 15.1 Å². The Balaban J connectivity index is 1.83. The molecule has 1 saturated heterocycles. The SMILES string of the molecule is CC1CCN(c2nc(-c3cn(C)nc3C(F)(F)F)ccc2C(=O)NS(=O)(=O)c2cccnc2N)C1(C)C. The van der Waals surface area contributed by atoms with Crippen LogP contribution >= 0.6 is 0 Å². The van der Waals surface area contributed by atoms with Gasteiger partial charge in [-0.05, 0) is 50.5 Å². The number of halogens is 3. The first-order valence-corrected chi connectivity index (χ1v) is 12.8. The first-order chi connectivity index (χ1) is 17.1. The van der Waals surface area contributed by atoms with Crippen LogP contribution in [0.3, 0.4) is 0 Å². The average molecular weight is 538 g/mol. The minimum atomic E-state index is -4.73. The van der Waals surface area contributed by atoms with Crippen molar-refractivity contribution in [3.8, 4) is 11.3 Å². The van der Waals surface area contributed by atoms with Gasteiger partial charge in [0.15, 0.2) is 5.69 Å². The largest absolute Gasteiger partial charge is 0.435 e. The van der Waals surface area contributed by atoms with Crippen LogP contribution in [-0.2, 0) is 23.2 Å². The highest BCUT2D eigenvalue weighted by atomic mass is 32.2. The van der Waals surface area contributed by atoms with Gasteiger partial charge in [-0.3, -0.25) is 9.48 Å². The molecule has 1 amide bonds. The van der Waals surface area contributed by atoms with E-state index in [0.29, 0.717) is 6.54 Å². The maximum absolute atomic E-state index is 13.7. The number of nitrogens with zero attached hydrogens (tertiary/aromatic N) is 5. The van der Waals surface area contributed by atoms with Gasteiger partial charge >= 0.3 is 6.18 Å². The number of hydrogen-bond acceptors (Lipinski definition) is 8. The van der Waals surface area contributed by atoms with Gasteiger partial charge in [0.2, 0.25) is 0 Å². The highest BCUT2D eigenvalue weighted by Gasteiger charge is 2.42. The zero-order valence-electron chi connectivity index (χ0n) is 20.5. The third-order valence-corrected chi connectivity index (χ3v) is 8.13. The Morgan fingerprint density at radius 3 is 2.54 bits per heavy atom. The lowest BCUT2D eigenvalue weighted by molar-refractivity contribution is -0.141. The zero-order chi connectivity index (χ0) is 27.3. The lowest BCUT2D eigenvalue weighted by atomic mass is 9.90. The number of carbonyl (C=O) groups excluding carboxylic acids is 1. The molecule has 4 heterocycles. The van der Waals surface area contributed by atoms with E-state index in [-0.39, 0.29) is 39.3 Å². The fourth-order valence-electron chi connectivity index (χ4n) is 4.34. The molecule has 4 rings (SSSR count). The fourth-order valence-corrected chi connectivity index (χ4v) is 5.39. The van der Waals surface area contributed by atoms with Gasteiger partial charge in [-0.25, -0.2) is 23.1 Å². The van der Waals surface area contributed by atoms with E-state index in [1.807, 2.05) is 30.4 Å². The summed E-state index contributed by atoms with van der Waals surface area (Å²) in [6, 6.07) is 5.06. The number of anilines is 2. The minimum absolute atomic E-state index is 0.0540. The number of aromatic nitrogens is 4. The van der Waals surface area contributed by atoms with Gasteiger partial charge in [0.05, 0.1) is 16.8 Å². The van der Waals surface area contributed by atoms with Crippen molar-refractivity contribution >= 4 is 27.6 Å². The number of sulfonamides is 1. The maximum atomic E-state index is 13.7. The van der Waals surface area contributed by atoms with Crippen molar-refractivity contribution in [3.05, 3.63) is 47.9 Å². The Morgan fingerprint density at radius 1 is 1.24 bits per heavy atom. The normalized spacial score (nSPS) is 17.7. The first kappa shape index (κ1) is 26.4. The van der Waals surface area contributed by atoms with Gasteiger partial charge in [-0.15, -0.1) is 0 Å². The van der Waals surface area contributed by atoms with Crippen molar-refractivity contribution in [1.29, 1.82) is 0 Å². The standard InChI is InChI=1S/C23H26F3N7O3S/c1-13-9-11-33(22(13,2)3)20-14(21(34)31-37(35,36)17-6-5-10-28-19(17)27)7-8-16(29-20)15-12-32(4)30-18(15)23(24,25)26/h5-8,10,12-13H,9,11H2,1-4H3,(H2,27,28)(H,31,34). The lowest BCUT2D eigenvalue weighted by Gasteiger charge is -2.36. The first-order valence-electron chi connectivity index (χ1n) is 11.3. The average Bonchev–Trinajstić information content (AvgIpc) is 3.32. The van der Waals surface area contributed by atoms with Gasteiger partial charge in [0, 0.05) is 31.5 Å². The molecule has 198 valence electrons. The van der Waals surface area contributed by atoms with Crippen molar-refractivity contribution in [2.45, 2.75) is 43.8 Å². The summed E-state index contributed by atoms with van der Waals surface area (Å²) in [5.74, 6) is -1.07. The topological polar surface area (TPSA) is 136 Å². The molecule has 10 nitrogen and oxygen atoms in total. The predicted octanol–water partition coefficient (Wildman–Crippen LogP) is 3.22. The molecule has 1 atom stereocenters. The molecule has 1 aliphatic heterocycles. The molecule has 3 aromatic rings. The summed E-state index contributed by atoms with van der Waals surface area (Å²) in [5.41, 5.74) is 3.61. The Bertz CT molecular complexity index is 1470. The third-order valence-electron chi connectivity index (χ3n) is 6.75.